The van der Waals surface area contributed by atoms with Crippen LogP contribution in [0.1, 0.15) is 68.0 Å². The van der Waals surface area contributed by atoms with E-state index in [1.165, 1.54) is 11.3 Å². The third-order valence-corrected chi connectivity index (χ3v) is 3.90. The van der Waals surface area contributed by atoms with Gasteiger partial charge in [0.25, 0.3) is 0 Å². The number of carbonyl (C=O) groups excluding carboxylic acids is 2. The zero-order chi connectivity index (χ0) is 21.0. The summed E-state index contributed by atoms with van der Waals surface area (Å²) in [6.07, 6.45) is -0.552. The third-order valence-electron chi connectivity index (χ3n) is 3.15. The number of hydrogen-bond acceptors (Lipinski definition) is 7. The van der Waals surface area contributed by atoms with Gasteiger partial charge in [0.2, 0.25) is 0 Å². The zero-order valence-electron chi connectivity index (χ0n) is 17.7. The first-order valence-corrected chi connectivity index (χ1v) is 9.67. The summed E-state index contributed by atoms with van der Waals surface area (Å²) in [6.45, 7) is 16.6. The Kier molecular flexibility index (Phi) is 7.16. The first-order valence-electron chi connectivity index (χ1n) is 8.79. The Bertz CT molecular complexity index is 709. The molecule has 0 radical (unpaired) electrons. The summed E-state index contributed by atoms with van der Waals surface area (Å²) in [5, 5.41) is 4.84. The van der Waals surface area contributed by atoms with Gasteiger partial charge < -0.3 is 9.47 Å². The molecule has 0 saturated carbocycles. The van der Waals surface area contributed by atoms with E-state index in [1.807, 2.05) is 27.7 Å². The van der Waals surface area contributed by atoms with E-state index < -0.39 is 22.7 Å². The van der Waals surface area contributed by atoms with E-state index in [-0.39, 0.29) is 12.5 Å². The van der Waals surface area contributed by atoms with Crippen molar-refractivity contribution >= 4 is 34.2 Å². The SMILES string of the molecule is CC(=NCC(C)(C)C(=O)OC(C)(C)C)c1csc(NC(=O)OC(C)(C)C)n1. The van der Waals surface area contributed by atoms with Gasteiger partial charge >= 0.3 is 12.1 Å². The standard InChI is InChI=1S/C19H31N3O4S/c1-12(20-11-19(8,9)14(23)25-17(2,3)4)13-10-27-15(21-13)22-16(24)26-18(5,6)7/h10H,11H2,1-9H3,(H,21,22,24). The molecule has 0 aliphatic heterocycles. The normalized spacial score (nSPS) is 13.3. The van der Waals surface area contributed by atoms with Crippen LogP contribution in [0.2, 0.25) is 0 Å². The molecule has 0 spiro atoms. The lowest BCUT2D eigenvalue weighted by atomic mass is 9.93. The number of carbonyl (C=O) groups is 2. The second kappa shape index (κ2) is 8.37. The monoisotopic (exact) mass is 397 g/mol. The van der Waals surface area contributed by atoms with Gasteiger partial charge in [-0.1, -0.05) is 0 Å². The predicted molar refractivity (Wildman–Crippen MR) is 109 cm³/mol. The highest BCUT2D eigenvalue weighted by Crippen LogP contribution is 2.23. The predicted octanol–water partition coefficient (Wildman–Crippen LogP) is 4.67. The topological polar surface area (TPSA) is 89.9 Å². The molecule has 0 atom stereocenters. The Morgan fingerprint density at radius 2 is 1.63 bits per heavy atom. The second-order valence-corrected chi connectivity index (χ2v) is 9.81. The summed E-state index contributed by atoms with van der Waals surface area (Å²) in [5.74, 6) is -0.294. The lowest BCUT2D eigenvalue weighted by molar-refractivity contribution is -0.164. The molecule has 0 saturated heterocycles. The number of rotatable bonds is 5. The van der Waals surface area contributed by atoms with Crippen LogP contribution in [0.5, 0.6) is 0 Å². The molecular formula is C19H31N3O4S. The maximum absolute atomic E-state index is 12.3. The van der Waals surface area contributed by atoms with Crippen LogP contribution in [0, 0.1) is 5.41 Å². The molecule has 1 N–H and O–H groups in total. The molecule has 0 fully saturated rings. The van der Waals surface area contributed by atoms with Gasteiger partial charge in [-0.05, 0) is 62.3 Å². The Labute approximate surface area is 165 Å². The average molecular weight is 398 g/mol. The minimum Gasteiger partial charge on any atom is -0.460 e. The summed E-state index contributed by atoms with van der Waals surface area (Å²) < 4.78 is 10.6. The quantitative estimate of drug-likeness (QED) is 0.576. The van der Waals surface area contributed by atoms with Crippen molar-refractivity contribution in [1.82, 2.24) is 4.98 Å². The summed E-state index contributed by atoms with van der Waals surface area (Å²) in [7, 11) is 0. The summed E-state index contributed by atoms with van der Waals surface area (Å²) in [5.41, 5.74) is -0.535. The van der Waals surface area contributed by atoms with E-state index in [9.17, 15) is 9.59 Å². The second-order valence-electron chi connectivity index (χ2n) is 8.95. The highest BCUT2D eigenvalue weighted by Gasteiger charge is 2.32. The van der Waals surface area contributed by atoms with Gasteiger partial charge in [0, 0.05) is 5.38 Å². The fourth-order valence-electron chi connectivity index (χ4n) is 1.77. The molecule has 1 rings (SSSR count). The van der Waals surface area contributed by atoms with Crippen LogP contribution in [0.25, 0.3) is 0 Å². The van der Waals surface area contributed by atoms with E-state index >= 15 is 0 Å². The average Bonchev–Trinajstić information content (AvgIpc) is 2.89. The fraction of sp³-hybridized carbons (Fsp3) is 0.684. The van der Waals surface area contributed by atoms with Crippen molar-refractivity contribution in [2.45, 2.75) is 73.5 Å². The third kappa shape index (κ3) is 8.51. The molecule has 0 aliphatic rings. The summed E-state index contributed by atoms with van der Waals surface area (Å²) in [6, 6.07) is 0. The van der Waals surface area contributed by atoms with Crippen molar-refractivity contribution in [2.75, 3.05) is 11.9 Å². The Hall–Kier alpha value is -1.96. The van der Waals surface area contributed by atoms with Gasteiger partial charge in [-0.15, -0.1) is 11.3 Å². The van der Waals surface area contributed by atoms with Crippen molar-refractivity contribution in [3.63, 3.8) is 0 Å². The number of nitrogens with one attached hydrogen (secondary N) is 1. The number of anilines is 1. The number of nitrogens with zero attached hydrogens (tertiary/aromatic N) is 2. The van der Waals surface area contributed by atoms with E-state index in [0.717, 1.165) is 0 Å². The van der Waals surface area contributed by atoms with E-state index in [0.29, 0.717) is 16.5 Å². The van der Waals surface area contributed by atoms with Crippen molar-refractivity contribution < 1.29 is 19.1 Å². The summed E-state index contributed by atoms with van der Waals surface area (Å²) >= 11 is 1.28. The molecular weight excluding hydrogens is 366 g/mol. The molecule has 8 heteroatoms. The zero-order valence-corrected chi connectivity index (χ0v) is 18.5. The molecule has 1 heterocycles. The Morgan fingerprint density at radius 1 is 1.07 bits per heavy atom. The smallest absolute Gasteiger partial charge is 0.413 e. The van der Waals surface area contributed by atoms with Crippen LogP contribution in [0.15, 0.2) is 10.4 Å². The maximum atomic E-state index is 12.3. The number of amides is 1. The molecule has 27 heavy (non-hydrogen) atoms. The van der Waals surface area contributed by atoms with E-state index in [4.69, 9.17) is 9.47 Å². The van der Waals surface area contributed by atoms with Crippen LogP contribution >= 0.6 is 11.3 Å². The molecule has 1 aromatic rings. The Morgan fingerprint density at radius 3 is 2.15 bits per heavy atom. The van der Waals surface area contributed by atoms with Gasteiger partial charge in [0.1, 0.15) is 11.2 Å². The maximum Gasteiger partial charge on any atom is 0.413 e. The number of hydrogen-bond donors (Lipinski definition) is 1. The molecule has 1 amide bonds. The van der Waals surface area contributed by atoms with Gasteiger partial charge in [0.15, 0.2) is 5.13 Å². The lowest BCUT2D eigenvalue weighted by Crippen LogP contribution is -2.35. The number of ether oxygens (including phenoxy) is 2. The molecule has 1 aromatic heterocycles. The van der Waals surface area contributed by atoms with Gasteiger partial charge in [-0.3, -0.25) is 15.1 Å². The number of esters is 1. The van der Waals surface area contributed by atoms with E-state index in [1.54, 1.807) is 40.0 Å². The van der Waals surface area contributed by atoms with Crippen LogP contribution in [0.4, 0.5) is 9.93 Å². The van der Waals surface area contributed by atoms with Crippen molar-refractivity contribution in [2.24, 2.45) is 10.4 Å². The molecule has 0 aromatic carbocycles. The Balaban J connectivity index is 2.74. The molecule has 0 bridgehead atoms. The lowest BCUT2D eigenvalue weighted by Gasteiger charge is -2.27. The van der Waals surface area contributed by atoms with Crippen LogP contribution in [-0.2, 0) is 14.3 Å². The first-order chi connectivity index (χ1) is 12.1. The van der Waals surface area contributed by atoms with Crippen molar-refractivity contribution in [3.8, 4) is 0 Å². The number of aliphatic imine (C=N–C) groups is 1. The van der Waals surface area contributed by atoms with Gasteiger partial charge in [-0.2, -0.15) is 0 Å². The van der Waals surface area contributed by atoms with Crippen LogP contribution in [-0.4, -0.2) is 40.5 Å². The van der Waals surface area contributed by atoms with Crippen LogP contribution < -0.4 is 5.32 Å². The fourth-order valence-corrected chi connectivity index (χ4v) is 2.51. The first kappa shape index (κ1) is 23.1. The molecule has 152 valence electrons. The minimum absolute atomic E-state index is 0.278. The van der Waals surface area contributed by atoms with Crippen molar-refractivity contribution in [3.05, 3.63) is 11.1 Å². The molecule has 0 aliphatic carbocycles. The number of aromatic nitrogens is 1. The highest BCUT2D eigenvalue weighted by molar-refractivity contribution is 7.14. The van der Waals surface area contributed by atoms with Gasteiger partial charge in [0.05, 0.1) is 23.4 Å². The summed E-state index contributed by atoms with van der Waals surface area (Å²) in [4.78, 5) is 32.9. The molecule has 0 unspecified atom stereocenters. The largest absolute Gasteiger partial charge is 0.460 e. The highest BCUT2D eigenvalue weighted by atomic mass is 32.1. The minimum atomic E-state index is -0.748. The van der Waals surface area contributed by atoms with Crippen LogP contribution in [0.3, 0.4) is 0 Å². The van der Waals surface area contributed by atoms with Gasteiger partial charge in [-0.25, -0.2) is 9.78 Å². The molecule has 7 nitrogen and oxygen atoms in total. The van der Waals surface area contributed by atoms with Crippen molar-refractivity contribution in [1.29, 1.82) is 0 Å². The van der Waals surface area contributed by atoms with E-state index in [2.05, 4.69) is 15.3 Å². The number of thiazole rings is 1.